The van der Waals surface area contributed by atoms with E-state index in [0.29, 0.717) is 16.7 Å². The maximum absolute atomic E-state index is 13.3. The van der Waals surface area contributed by atoms with Crippen LogP contribution in [0.2, 0.25) is 0 Å². The standard InChI is InChI=1S/C16H16FN3O2/c1-20-16(21)10-7-12(15(19)13(8-10)22-2)14(18)9-4-3-5-11(17)6-9/h3-8,18H,19H2,1-2H3,(H,20,21). The van der Waals surface area contributed by atoms with E-state index < -0.39 is 5.82 Å². The van der Waals surface area contributed by atoms with Crippen LogP contribution in [0, 0.1) is 11.2 Å². The molecule has 2 aromatic carbocycles. The molecule has 6 heteroatoms. The molecule has 0 aliphatic heterocycles. The Morgan fingerprint density at radius 3 is 2.59 bits per heavy atom. The summed E-state index contributed by atoms with van der Waals surface area (Å²) in [6.45, 7) is 0. The molecule has 0 aliphatic rings. The third-order valence-electron chi connectivity index (χ3n) is 3.23. The van der Waals surface area contributed by atoms with Crippen molar-refractivity contribution >= 4 is 17.3 Å². The lowest BCUT2D eigenvalue weighted by atomic mass is 9.98. The molecule has 0 radical (unpaired) electrons. The maximum atomic E-state index is 13.3. The first-order valence-corrected chi connectivity index (χ1v) is 6.52. The third kappa shape index (κ3) is 2.90. The Kier molecular flexibility index (Phi) is 4.41. The lowest BCUT2D eigenvalue weighted by Gasteiger charge is -2.14. The van der Waals surface area contributed by atoms with E-state index in [0.717, 1.165) is 0 Å². The molecule has 1 amide bonds. The van der Waals surface area contributed by atoms with Crippen molar-refractivity contribution in [3.05, 3.63) is 58.9 Å². The fraction of sp³-hybridized carbons (Fsp3) is 0.125. The first-order chi connectivity index (χ1) is 10.5. The minimum atomic E-state index is -0.449. The van der Waals surface area contributed by atoms with Gasteiger partial charge < -0.3 is 15.8 Å². The fourth-order valence-electron chi connectivity index (χ4n) is 2.08. The molecule has 114 valence electrons. The van der Waals surface area contributed by atoms with Crippen molar-refractivity contribution in [2.24, 2.45) is 0 Å². The number of nitrogen functional groups attached to an aromatic ring is 1. The Labute approximate surface area is 127 Å². The van der Waals surface area contributed by atoms with Crippen LogP contribution < -0.4 is 15.8 Å². The van der Waals surface area contributed by atoms with Gasteiger partial charge in [-0.3, -0.25) is 10.2 Å². The Morgan fingerprint density at radius 1 is 1.27 bits per heavy atom. The second kappa shape index (κ2) is 6.26. The molecule has 2 aromatic rings. The highest BCUT2D eigenvalue weighted by Crippen LogP contribution is 2.29. The number of nitrogens with one attached hydrogen (secondary N) is 2. The number of carbonyl (C=O) groups excluding carboxylic acids is 1. The zero-order chi connectivity index (χ0) is 16.3. The van der Waals surface area contributed by atoms with Crippen LogP contribution in [0.1, 0.15) is 21.5 Å². The van der Waals surface area contributed by atoms with Crippen molar-refractivity contribution in [2.75, 3.05) is 19.9 Å². The maximum Gasteiger partial charge on any atom is 0.251 e. The number of amides is 1. The van der Waals surface area contributed by atoms with E-state index in [1.165, 1.54) is 44.5 Å². The molecule has 0 unspecified atom stereocenters. The Balaban J connectivity index is 2.58. The number of carbonyl (C=O) groups is 1. The number of ether oxygens (including phenoxy) is 1. The van der Waals surface area contributed by atoms with Gasteiger partial charge in [0.15, 0.2) is 0 Å². The molecule has 0 aliphatic carbocycles. The molecule has 0 heterocycles. The Hall–Kier alpha value is -2.89. The fourth-order valence-corrected chi connectivity index (χ4v) is 2.08. The van der Waals surface area contributed by atoms with E-state index in [-0.39, 0.29) is 23.1 Å². The van der Waals surface area contributed by atoms with Gasteiger partial charge >= 0.3 is 0 Å². The zero-order valence-electron chi connectivity index (χ0n) is 12.2. The summed E-state index contributed by atoms with van der Waals surface area (Å²) < 4.78 is 18.5. The molecule has 0 bridgehead atoms. The van der Waals surface area contributed by atoms with Gasteiger partial charge in [-0.15, -0.1) is 0 Å². The van der Waals surface area contributed by atoms with Gasteiger partial charge in [0.2, 0.25) is 0 Å². The second-order valence-corrected chi connectivity index (χ2v) is 4.60. The predicted molar refractivity (Wildman–Crippen MR) is 83.1 cm³/mol. The van der Waals surface area contributed by atoms with E-state index in [1.807, 2.05) is 0 Å². The number of nitrogens with two attached hydrogens (primary N) is 1. The van der Waals surface area contributed by atoms with Crippen molar-refractivity contribution in [1.29, 1.82) is 5.41 Å². The van der Waals surface area contributed by atoms with Crippen LogP contribution in [-0.2, 0) is 0 Å². The van der Waals surface area contributed by atoms with E-state index >= 15 is 0 Å². The van der Waals surface area contributed by atoms with Gasteiger partial charge in [-0.1, -0.05) is 12.1 Å². The molecule has 0 atom stereocenters. The monoisotopic (exact) mass is 301 g/mol. The van der Waals surface area contributed by atoms with Crippen molar-refractivity contribution in [2.45, 2.75) is 0 Å². The van der Waals surface area contributed by atoms with Crippen LogP contribution in [0.15, 0.2) is 36.4 Å². The average molecular weight is 301 g/mol. The number of anilines is 1. The first kappa shape index (κ1) is 15.5. The number of hydrogen-bond donors (Lipinski definition) is 3. The summed E-state index contributed by atoms with van der Waals surface area (Å²) in [5, 5.41) is 10.7. The normalized spacial score (nSPS) is 10.1. The van der Waals surface area contributed by atoms with Crippen molar-refractivity contribution in [3.8, 4) is 5.75 Å². The van der Waals surface area contributed by atoms with Gasteiger partial charge in [-0.25, -0.2) is 4.39 Å². The minimum Gasteiger partial charge on any atom is -0.495 e. The SMILES string of the molecule is CNC(=O)c1cc(OC)c(N)c(C(=N)c2cccc(F)c2)c1. The van der Waals surface area contributed by atoms with Crippen LogP contribution in [0.5, 0.6) is 5.75 Å². The lowest BCUT2D eigenvalue weighted by Crippen LogP contribution is -2.19. The van der Waals surface area contributed by atoms with E-state index in [2.05, 4.69) is 5.32 Å². The van der Waals surface area contributed by atoms with Crippen molar-refractivity contribution < 1.29 is 13.9 Å². The van der Waals surface area contributed by atoms with Crippen LogP contribution in [-0.4, -0.2) is 25.8 Å². The minimum absolute atomic E-state index is 0.0149. The third-order valence-corrected chi connectivity index (χ3v) is 3.23. The molecule has 22 heavy (non-hydrogen) atoms. The highest BCUT2D eigenvalue weighted by molar-refractivity contribution is 6.15. The highest BCUT2D eigenvalue weighted by atomic mass is 19.1. The number of methoxy groups -OCH3 is 1. The molecule has 0 spiro atoms. The van der Waals surface area contributed by atoms with Crippen LogP contribution in [0.3, 0.4) is 0 Å². The lowest BCUT2D eigenvalue weighted by molar-refractivity contribution is 0.0963. The topological polar surface area (TPSA) is 88.2 Å². The number of benzene rings is 2. The van der Waals surface area contributed by atoms with Crippen molar-refractivity contribution in [1.82, 2.24) is 5.32 Å². The molecule has 5 nitrogen and oxygen atoms in total. The van der Waals surface area contributed by atoms with Gasteiger partial charge in [0, 0.05) is 23.7 Å². The molecular weight excluding hydrogens is 285 g/mol. The summed E-state index contributed by atoms with van der Waals surface area (Å²) in [5.74, 6) is -0.487. The second-order valence-electron chi connectivity index (χ2n) is 4.60. The number of halogens is 1. The summed E-state index contributed by atoms with van der Waals surface area (Å²) in [5.41, 5.74) is 7.21. The van der Waals surface area contributed by atoms with E-state index in [1.54, 1.807) is 6.07 Å². The Bertz CT molecular complexity index is 744. The molecule has 0 saturated heterocycles. The smallest absolute Gasteiger partial charge is 0.251 e. The summed E-state index contributed by atoms with van der Waals surface area (Å²) in [4.78, 5) is 11.8. The van der Waals surface area contributed by atoms with Gasteiger partial charge in [-0.05, 0) is 24.3 Å². The molecular formula is C16H16FN3O2. The number of rotatable bonds is 4. The molecule has 2 rings (SSSR count). The molecule has 4 N–H and O–H groups in total. The zero-order valence-corrected chi connectivity index (χ0v) is 12.2. The quantitative estimate of drug-likeness (QED) is 0.597. The Morgan fingerprint density at radius 2 is 2.00 bits per heavy atom. The van der Waals surface area contributed by atoms with Crippen LogP contribution >= 0.6 is 0 Å². The summed E-state index contributed by atoms with van der Waals surface area (Å²) >= 11 is 0. The van der Waals surface area contributed by atoms with Crippen LogP contribution in [0.4, 0.5) is 10.1 Å². The number of hydrogen-bond acceptors (Lipinski definition) is 4. The molecule has 0 aromatic heterocycles. The van der Waals surface area contributed by atoms with Gasteiger partial charge in [-0.2, -0.15) is 0 Å². The molecule has 0 saturated carbocycles. The largest absolute Gasteiger partial charge is 0.495 e. The average Bonchev–Trinajstić information content (AvgIpc) is 2.53. The van der Waals surface area contributed by atoms with E-state index in [4.69, 9.17) is 15.9 Å². The molecule has 0 fully saturated rings. The summed E-state index contributed by atoms with van der Waals surface area (Å²) in [6.07, 6.45) is 0. The predicted octanol–water partition coefficient (Wildman–Crippen LogP) is 2.19. The van der Waals surface area contributed by atoms with E-state index in [9.17, 15) is 9.18 Å². The summed E-state index contributed by atoms with van der Waals surface area (Å²) in [6, 6.07) is 8.63. The van der Waals surface area contributed by atoms with Gasteiger partial charge in [0.25, 0.3) is 5.91 Å². The van der Waals surface area contributed by atoms with Gasteiger partial charge in [0.1, 0.15) is 11.6 Å². The van der Waals surface area contributed by atoms with Crippen LogP contribution in [0.25, 0.3) is 0 Å². The van der Waals surface area contributed by atoms with Crippen molar-refractivity contribution in [3.63, 3.8) is 0 Å². The van der Waals surface area contributed by atoms with Gasteiger partial charge in [0.05, 0.1) is 18.5 Å². The highest BCUT2D eigenvalue weighted by Gasteiger charge is 2.17. The first-order valence-electron chi connectivity index (χ1n) is 6.52. The summed E-state index contributed by atoms with van der Waals surface area (Å²) in [7, 11) is 2.93.